The minimum absolute atomic E-state index is 0.0849. The molecule has 0 radical (unpaired) electrons. The molecule has 3 aromatic rings. The van der Waals surface area contributed by atoms with E-state index < -0.39 is 0 Å². The summed E-state index contributed by atoms with van der Waals surface area (Å²) in [6.07, 6.45) is 0. The first-order valence-corrected chi connectivity index (χ1v) is 8.94. The Morgan fingerprint density at radius 1 is 1.36 bits per heavy atom. The van der Waals surface area contributed by atoms with Crippen molar-refractivity contribution in [3.05, 3.63) is 36.0 Å². The van der Waals surface area contributed by atoms with Crippen LogP contribution in [0.15, 0.2) is 35.5 Å². The first kappa shape index (κ1) is 17.5. The van der Waals surface area contributed by atoms with Crippen LogP contribution in [0.5, 0.6) is 0 Å². The number of rotatable bonds is 7. The van der Waals surface area contributed by atoms with Crippen LogP contribution in [0, 0.1) is 6.92 Å². The number of fused-ring (bicyclic) bond motifs is 1. The van der Waals surface area contributed by atoms with E-state index in [1.54, 1.807) is 18.8 Å². The van der Waals surface area contributed by atoms with Gasteiger partial charge in [-0.3, -0.25) is 9.48 Å². The van der Waals surface area contributed by atoms with Crippen molar-refractivity contribution >= 4 is 34.5 Å². The fourth-order valence-corrected chi connectivity index (χ4v) is 3.44. The molecule has 0 unspecified atom stereocenters. The molecular weight excluding hydrogens is 338 g/mol. The van der Waals surface area contributed by atoms with Crippen molar-refractivity contribution in [1.29, 1.82) is 0 Å². The number of para-hydroxylation sites is 2. The molecule has 2 heterocycles. The normalized spacial score (nSPS) is 11.2. The molecule has 25 heavy (non-hydrogen) atoms. The zero-order valence-electron chi connectivity index (χ0n) is 14.5. The van der Waals surface area contributed by atoms with E-state index in [0.717, 1.165) is 21.9 Å². The van der Waals surface area contributed by atoms with Gasteiger partial charge in [-0.15, -0.1) is 0 Å². The van der Waals surface area contributed by atoms with Gasteiger partial charge in [-0.2, -0.15) is 5.10 Å². The van der Waals surface area contributed by atoms with Crippen LogP contribution in [0.4, 0.5) is 5.82 Å². The van der Waals surface area contributed by atoms with Gasteiger partial charge in [0.15, 0.2) is 5.16 Å². The smallest absolute Gasteiger partial charge is 0.235 e. The number of hydrogen-bond acceptors (Lipinski definition) is 5. The molecule has 8 heteroatoms. The number of thioether (sulfide) groups is 1. The molecule has 0 atom stereocenters. The van der Waals surface area contributed by atoms with E-state index in [1.807, 2.05) is 37.3 Å². The molecule has 0 bridgehead atoms. The molecule has 0 saturated carbocycles. The maximum Gasteiger partial charge on any atom is 0.235 e. The zero-order chi connectivity index (χ0) is 17.8. The van der Waals surface area contributed by atoms with Crippen molar-refractivity contribution in [2.45, 2.75) is 18.6 Å². The number of methoxy groups -OCH3 is 1. The van der Waals surface area contributed by atoms with Gasteiger partial charge >= 0.3 is 0 Å². The second kappa shape index (κ2) is 7.71. The van der Waals surface area contributed by atoms with Gasteiger partial charge in [0.1, 0.15) is 5.82 Å². The van der Waals surface area contributed by atoms with Gasteiger partial charge in [-0.1, -0.05) is 23.9 Å². The number of benzene rings is 1. The quantitative estimate of drug-likeness (QED) is 0.656. The highest BCUT2D eigenvalue weighted by Gasteiger charge is 2.13. The molecule has 0 aliphatic rings. The number of carbonyl (C=O) groups excluding carboxylic acids is 1. The zero-order valence-corrected chi connectivity index (χ0v) is 15.3. The van der Waals surface area contributed by atoms with Crippen LogP contribution in [0.1, 0.15) is 5.69 Å². The van der Waals surface area contributed by atoms with Crippen LogP contribution in [-0.4, -0.2) is 44.7 Å². The number of nitrogens with one attached hydrogen (secondary N) is 1. The molecule has 0 aliphatic heterocycles. The van der Waals surface area contributed by atoms with E-state index in [2.05, 4.69) is 20.0 Å². The fraction of sp³-hybridized carbons (Fsp3) is 0.353. The minimum atomic E-state index is -0.0849. The molecule has 1 N–H and O–H groups in total. The van der Waals surface area contributed by atoms with Gasteiger partial charge in [-0.25, -0.2) is 4.98 Å². The molecule has 3 rings (SSSR count). The number of imidazole rings is 1. The van der Waals surface area contributed by atoms with E-state index in [1.165, 1.54) is 11.8 Å². The van der Waals surface area contributed by atoms with Gasteiger partial charge in [0.25, 0.3) is 0 Å². The average molecular weight is 359 g/mol. The lowest BCUT2D eigenvalue weighted by molar-refractivity contribution is -0.113. The summed E-state index contributed by atoms with van der Waals surface area (Å²) in [6, 6.07) is 9.79. The number of ether oxygens (including phenoxy) is 1. The third-order valence-corrected chi connectivity index (χ3v) is 4.72. The number of anilines is 1. The summed E-state index contributed by atoms with van der Waals surface area (Å²) in [5, 5.41) is 7.91. The summed E-state index contributed by atoms with van der Waals surface area (Å²) in [5.41, 5.74) is 2.83. The van der Waals surface area contributed by atoms with Crippen LogP contribution < -0.4 is 5.32 Å². The Morgan fingerprint density at radius 2 is 2.16 bits per heavy atom. The summed E-state index contributed by atoms with van der Waals surface area (Å²) < 4.78 is 8.94. The van der Waals surface area contributed by atoms with E-state index in [0.29, 0.717) is 19.0 Å². The maximum absolute atomic E-state index is 12.3. The third kappa shape index (κ3) is 4.02. The Hall–Kier alpha value is -2.32. The lowest BCUT2D eigenvalue weighted by Crippen LogP contribution is -2.17. The lowest BCUT2D eigenvalue weighted by atomic mass is 10.3. The molecule has 7 nitrogen and oxygen atoms in total. The highest BCUT2D eigenvalue weighted by molar-refractivity contribution is 7.99. The number of amides is 1. The van der Waals surface area contributed by atoms with Gasteiger partial charge in [0.05, 0.1) is 29.1 Å². The summed E-state index contributed by atoms with van der Waals surface area (Å²) in [4.78, 5) is 16.9. The summed E-state index contributed by atoms with van der Waals surface area (Å²) in [5.74, 6) is 0.884. The standard InChI is InChI=1S/C17H21N5O2S/c1-12-10-15(21(2)20-12)19-16(23)11-25-17-18-13-6-4-5-7-14(13)22(17)8-9-24-3/h4-7,10H,8-9,11H2,1-3H3,(H,19,23). The second-order valence-electron chi connectivity index (χ2n) is 5.66. The van der Waals surface area contributed by atoms with Gasteiger partial charge in [0, 0.05) is 26.8 Å². The first-order valence-electron chi connectivity index (χ1n) is 7.96. The SMILES string of the molecule is COCCn1c(SCC(=O)Nc2cc(C)nn2C)nc2ccccc21. The van der Waals surface area contributed by atoms with E-state index >= 15 is 0 Å². The number of aryl methyl sites for hydroxylation is 2. The molecule has 2 aromatic heterocycles. The summed E-state index contributed by atoms with van der Waals surface area (Å²) in [6.45, 7) is 3.18. The number of nitrogens with zero attached hydrogens (tertiary/aromatic N) is 4. The first-order chi connectivity index (χ1) is 12.1. The van der Waals surface area contributed by atoms with E-state index in [4.69, 9.17) is 4.74 Å². The van der Waals surface area contributed by atoms with Crippen LogP contribution >= 0.6 is 11.8 Å². The molecular formula is C17H21N5O2S. The van der Waals surface area contributed by atoms with Crippen LogP contribution in [0.2, 0.25) is 0 Å². The van der Waals surface area contributed by atoms with Crippen molar-refractivity contribution in [2.24, 2.45) is 7.05 Å². The van der Waals surface area contributed by atoms with Gasteiger partial charge in [-0.05, 0) is 19.1 Å². The lowest BCUT2D eigenvalue weighted by Gasteiger charge is -2.08. The molecule has 1 amide bonds. The summed E-state index contributed by atoms with van der Waals surface area (Å²) >= 11 is 1.42. The van der Waals surface area contributed by atoms with Crippen LogP contribution in [0.25, 0.3) is 11.0 Å². The highest BCUT2D eigenvalue weighted by Crippen LogP contribution is 2.24. The fourth-order valence-electron chi connectivity index (χ4n) is 2.60. The highest BCUT2D eigenvalue weighted by atomic mass is 32.2. The Bertz CT molecular complexity index is 886. The molecule has 0 saturated heterocycles. The Kier molecular flexibility index (Phi) is 5.40. The van der Waals surface area contributed by atoms with Gasteiger partial charge in [0.2, 0.25) is 5.91 Å². The maximum atomic E-state index is 12.3. The number of hydrogen-bond donors (Lipinski definition) is 1. The average Bonchev–Trinajstić information content (AvgIpc) is 3.10. The van der Waals surface area contributed by atoms with E-state index in [9.17, 15) is 4.79 Å². The molecule has 0 aliphatic carbocycles. The van der Waals surface area contributed by atoms with Crippen molar-refractivity contribution < 1.29 is 9.53 Å². The molecule has 0 fully saturated rings. The third-order valence-electron chi connectivity index (χ3n) is 3.74. The molecule has 132 valence electrons. The van der Waals surface area contributed by atoms with Crippen molar-refractivity contribution in [3.63, 3.8) is 0 Å². The predicted molar refractivity (Wildman–Crippen MR) is 98.9 cm³/mol. The number of aromatic nitrogens is 4. The van der Waals surface area contributed by atoms with Gasteiger partial charge < -0.3 is 14.6 Å². The van der Waals surface area contributed by atoms with Crippen molar-refractivity contribution in [3.8, 4) is 0 Å². The Labute approximate surface area is 150 Å². The Balaban J connectivity index is 1.71. The minimum Gasteiger partial charge on any atom is -0.383 e. The van der Waals surface area contributed by atoms with Crippen LogP contribution in [-0.2, 0) is 23.1 Å². The Morgan fingerprint density at radius 3 is 2.88 bits per heavy atom. The second-order valence-corrected chi connectivity index (χ2v) is 6.60. The monoisotopic (exact) mass is 359 g/mol. The molecule has 1 aromatic carbocycles. The number of carbonyl (C=O) groups is 1. The van der Waals surface area contributed by atoms with Crippen LogP contribution in [0.3, 0.4) is 0 Å². The predicted octanol–water partition coefficient (Wildman–Crippen LogP) is 2.46. The summed E-state index contributed by atoms with van der Waals surface area (Å²) in [7, 11) is 3.48. The molecule has 0 spiro atoms. The largest absolute Gasteiger partial charge is 0.383 e. The van der Waals surface area contributed by atoms with E-state index in [-0.39, 0.29) is 11.7 Å². The van der Waals surface area contributed by atoms with Crippen molar-refractivity contribution in [2.75, 3.05) is 24.8 Å². The van der Waals surface area contributed by atoms with Crippen molar-refractivity contribution in [1.82, 2.24) is 19.3 Å². The topological polar surface area (TPSA) is 74.0 Å².